The number of aryl methyl sites for hydroxylation is 1. The summed E-state index contributed by atoms with van der Waals surface area (Å²) in [6.45, 7) is 0.743. The van der Waals surface area contributed by atoms with Crippen LogP contribution in [-0.2, 0) is 17.6 Å². The lowest BCUT2D eigenvalue weighted by atomic mass is 10.2. The van der Waals surface area contributed by atoms with Crippen molar-refractivity contribution < 1.29 is 9.53 Å². The highest BCUT2D eigenvalue weighted by Crippen LogP contribution is 2.26. The van der Waals surface area contributed by atoms with Crippen molar-refractivity contribution in [1.29, 1.82) is 0 Å². The first kappa shape index (κ1) is 12.5. The molecule has 8 heteroatoms. The van der Waals surface area contributed by atoms with Crippen LogP contribution < -0.4 is 5.32 Å². The third-order valence-electron chi connectivity index (χ3n) is 3.98. The average molecular weight is 288 g/mol. The number of nitrogens with one attached hydrogen (secondary N) is 3. The van der Waals surface area contributed by atoms with E-state index in [9.17, 15) is 4.79 Å². The van der Waals surface area contributed by atoms with Crippen LogP contribution in [0.3, 0.4) is 0 Å². The summed E-state index contributed by atoms with van der Waals surface area (Å²) in [5, 5.41) is 16.5. The normalized spacial score (nSPS) is 20.7. The molecular weight excluding hydrogens is 272 g/mol. The van der Waals surface area contributed by atoms with Gasteiger partial charge >= 0.3 is 0 Å². The maximum atomic E-state index is 12.2. The zero-order valence-corrected chi connectivity index (χ0v) is 11.5. The molecular formula is C13H16N6O2. The van der Waals surface area contributed by atoms with Gasteiger partial charge in [0.15, 0.2) is 11.5 Å². The van der Waals surface area contributed by atoms with Gasteiger partial charge in [0.25, 0.3) is 5.91 Å². The number of H-pyrrole nitrogens is 2. The van der Waals surface area contributed by atoms with Gasteiger partial charge in [-0.25, -0.2) is 0 Å². The van der Waals surface area contributed by atoms with E-state index in [1.807, 2.05) is 0 Å². The topological polar surface area (TPSA) is 109 Å². The van der Waals surface area contributed by atoms with E-state index >= 15 is 0 Å². The van der Waals surface area contributed by atoms with E-state index in [0.29, 0.717) is 11.5 Å². The van der Waals surface area contributed by atoms with Gasteiger partial charge in [-0.05, 0) is 32.1 Å². The zero-order chi connectivity index (χ0) is 14.2. The molecule has 3 heterocycles. The minimum absolute atomic E-state index is 0.0437. The predicted octanol–water partition coefficient (Wildman–Crippen LogP) is 1.12. The average Bonchev–Trinajstić information content (AvgIpc) is 3.23. The van der Waals surface area contributed by atoms with E-state index in [1.54, 1.807) is 0 Å². The molecule has 1 aliphatic heterocycles. The number of aromatic amines is 2. The van der Waals surface area contributed by atoms with Crippen molar-refractivity contribution in [3.8, 4) is 0 Å². The standard InChI is InChI=1S/C13H16N6O2/c20-12(10-7-3-1-4-8(7)16-17-10)15-13-14-11(18-19-13)9-5-2-6-21-9/h9H,1-6H2,(H,16,17)(H2,14,15,18,19,20)/t9-/m0/s1. The van der Waals surface area contributed by atoms with Crippen LogP contribution in [0.4, 0.5) is 5.95 Å². The first-order chi connectivity index (χ1) is 10.3. The number of anilines is 1. The summed E-state index contributed by atoms with van der Waals surface area (Å²) in [7, 11) is 0. The molecule has 21 heavy (non-hydrogen) atoms. The smallest absolute Gasteiger partial charge is 0.278 e. The fraction of sp³-hybridized carbons (Fsp3) is 0.538. The van der Waals surface area contributed by atoms with Crippen molar-refractivity contribution in [1.82, 2.24) is 25.4 Å². The van der Waals surface area contributed by atoms with Crippen LogP contribution in [0.25, 0.3) is 0 Å². The molecule has 0 saturated carbocycles. The number of aromatic nitrogens is 5. The number of carbonyl (C=O) groups is 1. The zero-order valence-electron chi connectivity index (χ0n) is 11.5. The summed E-state index contributed by atoms with van der Waals surface area (Å²) in [6, 6.07) is 0. The molecule has 8 nitrogen and oxygen atoms in total. The summed E-state index contributed by atoms with van der Waals surface area (Å²) >= 11 is 0. The van der Waals surface area contributed by atoms with Crippen molar-refractivity contribution in [2.24, 2.45) is 0 Å². The third kappa shape index (κ3) is 2.21. The van der Waals surface area contributed by atoms with Crippen LogP contribution >= 0.6 is 0 Å². The molecule has 0 aromatic carbocycles. The van der Waals surface area contributed by atoms with Crippen molar-refractivity contribution in [3.63, 3.8) is 0 Å². The van der Waals surface area contributed by atoms with Crippen molar-refractivity contribution in [2.75, 3.05) is 11.9 Å². The molecule has 1 atom stereocenters. The van der Waals surface area contributed by atoms with Crippen LogP contribution in [0.2, 0.25) is 0 Å². The van der Waals surface area contributed by atoms with Crippen LogP contribution in [-0.4, -0.2) is 37.9 Å². The molecule has 1 amide bonds. The first-order valence-electron chi connectivity index (χ1n) is 7.22. The lowest BCUT2D eigenvalue weighted by molar-refractivity contribution is 0.101. The molecule has 0 unspecified atom stereocenters. The Labute approximate surface area is 120 Å². The van der Waals surface area contributed by atoms with E-state index in [0.717, 1.165) is 50.0 Å². The molecule has 1 fully saturated rings. The van der Waals surface area contributed by atoms with E-state index < -0.39 is 0 Å². The number of rotatable bonds is 3. The maximum Gasteiger partial charge on any atom is 0.278 e. The Morgan fingerprint density at radius 1 is 1.24 bits per heavy atom. The highest BCUT2D eigenvalue weighted by molar-refractivity contribution is 6.03. The molecule has 4 rings (SSSR count). The van der Waals surface area contributed by atoms with Crippen molar-refractivity contribution in [3.05, 3.63) is 22.8 Å². The third-order valence-corrected chi connectivity index (χ3v) is 3.98. The van der Waals surface area contributed by atoms with Crippen LogP contribution in [0.15, 0.2) is 0 Å². The van der Waals surface area contributed by atoms with Crippen molar-refractivity contribution >= 4 is 11.9 Å². The van der Waals surface area contributed by atoms with Gasteiger partial charge in [0.1, 0.15) is 6.10 Å². The molecule has 2 aromatic rings. The Bertz CT molecular complexity index is 670. The molecule has 110 valence electrons. The summed E-state index contributed by atoms with van der Waals surface area (Å²) in [5.41, 5.74) is 2.53. The number of amides is 1. The molecule has 2 aromatic heterocycles. The number of hydrogen-bond acceptors (Lipinski definition) is 5. The van der Waals surface area contributed by atoms with E-state index in [1.165, 1.54) is 0 Å². The lowest BCUT2D eigenvalue weighted by Crippen LogP contribution is -2.15. The van der Waals surface area contributed by atoms with Gasteiger partial charge in [-0.15, -0.1) is 5.10 Å². The van der Waals surface area contributed by atoms with Crippen LogP contribution in [0.1, 0.15) is 52.9 Å². The van der Waals surface area contributed by atoms with Crippen molar-refractivity contribution in [2.45, 2.75) is 38.2 Å². The first-order valence-corrected chi connectivity index (χ1v) is 7.22. The summed E-state index contributed by atoms with van der Waals surface area (Å²) in [4.78, 5) is 16.5. The Hall–Kier alpha value is -2.22. The van der Waals surface area contributed by atoms with Gasteiger partial charge in [0.2, 0.25) is 5.95 Å². The number of ether oxygens (including phenoxy) is 1. The Kier molecular flexibility index (Phi) is 2.95. The summed E-state index contributed by atoms with van der Waals surface area (Å²) in [6.07, 6.45) is 4.82. The van der Waals surface area contributed by atoms with E-state index in [4.69, 9.17) is 4.74 Å². The molecule has 1 saturated heterocycles. The Balaban J connectivity index is 1.49. The molecule has 2 aliphatic rings. The number of nitrogens with zero attached hydrogens (tertiary/aromatic N) is 3. The molecule has 3 N–H and O–H groups in total. The predicted molar refractivity (Wildman–Crippen MR) is 72.9 cm³/mol. The van der Waals surface area contributed by atoms with Gasteiger partial charge in [-0.1, -0.05) is 0 Å². The second kappa shape index (κ2) is 4.96. The quantitative estimate of drug-likeness (QED) is 0.784. The second-order valence-corrected chi connectivity index (χ2v) is 5.38. The highest BCUT2D eigenvalue weighted by atomic mass is 16.5. The van der Waals surface area contributed by atoms with Gasteiger partial charge < -0.3 is 4.74 Å². The highest BCUT2D eigenvalue weighted by Gasteiger charge is 2.25. The number of carbonyl (C=O) groups excluding carboxylic acids is 1. The molecule has 0 bridgehead atoms. The Morgan fingerprint density at radius 2 is 2.19 bits per heavy atom. The minimum Gasteiger partial charge on any atom is -0.370 e. The van der Waals surface area contributed by atoms with E-state index in [2.05, 4.69) is 30.7 Å². The fourth-order valence-electron chi connectivity index (χ4n) is 2.94. The number of hydrogen-bond donors (Lipinski definition) is 3. The number of fused-ring (bicyclic) bond motifs is 1. The van der Waals surface area contributed by atoms with Gasteiger partial charge in [-0.2, -0.15) is 10.1 Å². The molecule has 0 spiro atoms. The van der Waals surface area contributed by atoms with Gasteiger partial charge in [0, 0.05) is 17.9 Å². The lowest BCUT2D eigenvalue weighted by Gasteiger charge is -2.03. The van der Waals surface area contributed by atoms with Crippen LogP contribution in [0.5, 0.6) is 0 Å². The van der Waals surface area contributed by atoms with Gasteiger partial charge in [-0.3, -0.25) is 20.3 Å². The minimum atomic E-state index is -0.271. The summed E-state index contributed by atoms with van der Waals surface area (Å²) < 4.78 is 5.53. The monoisotopic (exact) mass is 288 g/mol. The second-order valence-electron chi connectivity index (χ2n) is 5.38. The SMILES string of the molecule is O=C(Nc1n[nH]c([C@@H]2CCCO2)n1)c1n[nH]c2c1CCC2. The van der Waals surface area contributed by atoms with Crippen LogP contribution in [0, 0.1) is 0 Å². The molecule has 0 radical (unpaired) electrons. The largest absolute Gasteiger partial charge is 0.370 e. The summed E-state index contributed by atoms with van der Waals surface area (Å²) in [5.74, 6) is 0.655. The van der Waals surface area contributed by atoms with Gasteiger partial charge in [0.05, 0.1) is 0 Å². The molecule has 1 aliphatic carbocycles. The Morgan fingerprint density at radius 3 is 3.05 bits per heavy atom. The van der Waals surface area contributed by atoms with E-state index in [-0.39, 0.29) is 18.0 Å². The maximum absolute atomic E-state index is 12.2. The fourth-order valence-corrected chi connectivity index (χ4v) is 2.94.